The van der Waals surface area contributed by atoms with E-state index in [1.807, 2.05) is 0 Å². The lowest BCUT2D eigenvalue weighted by molar-refractivity contribution is -0.139. The standard InChI is InChI=1S/C8H14N6O2/c9-3-7-4-13(1-2-16-7)8(15)5-14-6-10-11-12-14/h6-7H,1-5,9H2. The number of tetrazole rings is 1. The molecule has 0 aliphatic carbocycles. The van der Waals surface area contributed by atoms with Crippen LogP contribution in [0.5, 0.6) is 0 Å². The quantitative estimate of drug-likeness (QED) is 0.631. The third-order valence-electron chi connectivity index (χ3n) is 2.44. The van der Waals surface area contributed by atoms with Crippen molar-refractivity contribution in [3.63, 3.8) is 0 Å². The molecule has 2 heterocycles. The van der Waals surface area contributed by atoms with Crippen molar-refractivity contribution < 1.29 is 9.53 Å². The minimum Gasteiger partial charge on any atom is -0.373 e. The van der Waals surface area contributed by atoms with E-state index in [9.17, 15) is 4.79 Å². The summed E-state index contributed by atoms with van der Waals surface area (Å²) in [5.41, 5.74) is 5.50. The number of hydrogen-bond acceptors (Lipinski definition) is 6. The average Bonchev–Trinajstić information content (AvgIpc) is 2.82. The van der Waals surface area contributed by atoms with Gasteiger partial charge in [-0.1, -0.05) is 0 Å². The van der Waals surface area contributed by atoms with Gasteiger partial charge in [0.1, 0.15) is 12.9 Å². The Hall–Kier alpha value is -1.54. The summed E-state index contributed by atoms with van der Waals surface area (Å²) in [7, 11) is 0. The highest BCUT2D eigenvalue weighted by Crippen LogP contribution is 2.04. The summed E-state index contributed by atoms with van der Waals surface area (Å²) in [5, 5.41) is 10.6. The Balaban J connectivity index is 1.89. The molecule has 1 fully saturated rings. The highest BCUT2D eigenvalue weighted by Gasteiger charge is 2.23. The van der Waals surface area contributed by atoms with Gasteiger partial charge in [0, 0.05) is 19.6 Å². The van der Waals surface area contributed by atoms with Crippen molar-refractivity contribution in [2.24, 2.45) is 5.73 Å². The zero-order valence-electron chi connectivity index (χ0n) is 8.82. The van der Waals surface area contributed by atoms with Crippen molar-refractivity contribution in [2.45, 2.75) is 12.6 Å². The maximum atomic E-state index is 11.8. The number of rotatable bonds is 3. The first-order valence-corrected chi connectivity index (χ1v) is 5.10. The van der Waals surface area contributed by atoms with E-state index in [0.29, 0.717) is 26.2 Å². The lowest BCUT2D eigenvalue weighted by Crippen LogP contribution is -2.49. The predicted molar refractivity (Wildman–Crippen MR) is 53.2 cm³/mol. The van der Waals surface area contributed by atoms with Crippen LogP contribution in [-0.2, 0) is 16.1 Å². The number of morpholine rings is 1. The van der Waals surface area contributed by atoms with Crippen LogP contribution in [0.4, 0.5) is 0 Å². The molecule has 1 atom stereocenters. The molecule has 1 unspecified atom stereocenters. The fourth-order valence-electron chi connectivity index (χ4n) is 1.58. The molecular formula is C8H14N6O2. The molecular weight excluding hydrogens is 212 g/mol. The molecule has 88 valence electrons. The van der Waals surface area contributed by atoms with Gasteiger partial charge in [0.15, 0.2) is 0 Å². The first-order valence-electron chi connectivity index (χ1n) is 5.10. The second-order valence-electron chi connectivity index (χ2n) is 3.58. The lowest BCUT2D eigenvalue weighted by atomic mass is 10.2. The molecule has 0 bridgehead atoms. The van der Waals surface area contributed by atoms with Crippen LogP contribution >= 0.6 is 0 Å². The summed E-state index contributed by atoms with van der Waals surface area (Å²) in [6.45, 7) is 2.25. The number of nitrogens with two attached hydrogens (primary N) is 1. The third-order valence-corrected chi connectivity index (χ3v) is 2.44. The molecule has 16 heavy (non-hydrogen) atoms. The summed E-state index contributed by atoms with van der Waals surface area (Å²) >= 11 is 0. The van der Waals surface area contributed by atoms with Crippen molar-refractivity contribution in [2.75, 3.05) is 26.2 Å². The second kappa shape index (κ2) is 4.99. The van der Waals surface area contributed by atoms with Crippen molar-refractivity contribution in [1.82, 2.24) is 25.1 Å². The fraction of sp³-hybridized carbons (Fsp3) is 0.750. The summed E-state index contributed by atoms with van der Waals surface area (Å²) in [6, 6.07) is 0. The monoisotopic (exact) mass is 226 g/mol. The van der Waals surface area contributed by atoms with Gasteiger partial charge in [0.25, 0.3) is 0 Å². The highest BCUT2D eigenvalue weighted by atomic mass is 16.5. The number of ether oxygens (including phenoxy) is 1. The molecule has 1 amide bonds. The van der Waals surface area contributed by atoms with Crippen molar-refractivity contribution >= 4 is 5.91 Å². The zero-order chi connectivity index (χ0) is 11.4. The minimum atomic E-state index is -0.0634. The lowest BCUT2D eigenvalue weighted by Gasteiger charge is -2.32. The smallest absolute Gasteiger partial charge is 0.244 e. The molecule has 0 radical (unpaired) electrons. The zero-order valence-corrected chi connectivity index (χ0v) is 8.82. The van der Waals surface area contributed by atoms with Crippen LogP contribution in [0.25, 0.3) is 0 Å². The van der Waals surface area contributed by atoms with Gasteiger partial charge in [-0.15, -0.1) is 5.10 Å². The summed E-state index contributed by atoms with van der Waals surface area (Å²) in [6.07, 6.45) is 1.35. The molecule has 1 aromatic rings. The Labute approximate surface area is 92.3 Å². The van der Waals surface area contributed by atoms with Crippen LogP contribution in [0.2, 0.25) is 0 Å². The van der Waals surface area contributed by atoms with E-state index < -0.39 is 0 Å². The first-order chi connectivity index (χ1) is 7.79. The largest absolute Gasteiger partial charge is 0.373 e. The molecule has 1 aromatic heterocycles. The van der Waals surface area contributed by atoms with Crippen LogP contribution in [-0.4, -0.2) is 63.4 Å². The van der Waals surface area contributed by atoms with E-state index in [-0.39, 0.29) is 18.6 Å². The average molecular weight is 226 g/mol. The topological polar surface area (TPSA) is 99.2 Å². The van der Waals surface area contributed by atoms with Crippen LogP contribution in [0, 0.1) is 0 Å². The van der Waals surface area contributed by atoms with Gasteiger partial charge in [-0.25, -0.2) is 4.68 Å². The van der Waals surface area contributed by atoms with Crippen molar-refractivity contribution in [3.8, 4) is 0 Å². The Morgan fingerprint density at radius 2 is 2.50 bits per heavy atom. The molecule has 0 saturated carbocycles. The Kier molecular flexibility index (Phi) is 3.42. The van der Waals surface area contributed by atoms with Crippen LogP contribution < -0.4 is 5.73 Å². The molecule has 0 spiro atoms. The van der Waals surface area contributed by atoms with Crippen molar-refractivity contribution in [1.29, 1.82) is 0 Å². The number of carbonyl (C=O) groups excluding carboxylic acids is 1. The second-order valence-corrected chi connectivity index (χ2v) is 3.58. The molecule has 2 N–H and O–H groups in total. The molecule has 1 saturated heterocycles. The Morgan fingerprint density at radius 3 is 3.19 bits per heavy atom. The van der Waals surface area contributed by atoms with E-state index in [1.165, 1.54) is 11.0 Å². The van der Waals surface area contributed by atoms with E-state index in [2.05, 4.69) is 15.5 Å². The van der Waals surface area contributed by atoms with Crippen LogP contribution in [0.3, 0.4) is 0 Å². The molecule has 1 aliphatic heterocycles. The fourth-order valence-corrected chi connectivity index (χ4v) is 1.58. The predicted octanol–water partition coefficient (Wildman–Crippen LogP) is -2.14. The van der Waals surface area contributed by atoms with Crippen LogP contribution in [0.15, 0.2) is 6.33 Å². The van der Waals surface area contributed by atoms with E-state index in [4.69, 9.17) is 10.5 Å². The number of aromatic nitrogens is 4. The number of hydrogen-bond donors (Lipinski definition) is 1. The molecule has 8 nitrogen and oxygen atoms in total. The Morgan fingerprint density at radius 1 is 1.62 bits per heavy atom. The SMILES string of the molecule is NCC1CN(C(=O)Cn2cnnn2)CCO1. The number of amides is 1. The van der Waals surface area contributed by atoms with E-state index in [1.54, 1.807) is 4.90 Å². The molecule has 1 aliphatic rings. The van der Waals surface area contributed by atoms with E-state index in [0.717, 1.165) is 0 Å². The minimum absolute atomic E-state index is 0.0194. The van der Waals surface area contributed by atoms with Gasteiger partial charge in [0.05, 0.1) is 12.7 Å². The normalized spacial score (nSPS) is 21.1. The van der Waals surface area contributed by atoms with Gasteiger partial charge < -0.3 is 15.4 Å². The number of nitrogens with zero attached hydrogens (tertiary/aromatic N) is 5. The maximum absolute atomic E-state index is 11.8. The molecule has 2 rings (SSSR count). The molecule has 0 aromatic carbocycles. The first kappa shape index (κ1) is 11.0. The summed E-state index contributed by atoms with van der Waals surface area (Å²) in [5.74, 6) is -0.0194. The van der Waals surface area contributed by atoms with Crippen LogP contribution in [0.1, 0.15) is 0 Å². The van der Waals surface area contributed by atoms with Gasteiger partial charge in [-0.3, -0.25) is 4.79 Å². The third kappa shape index (κ3) is 2.52. The van der Waals surface area contributed by atoms with Gasteiger partial charge in [0.2, 0.25) is 5.91 Å². The summed E-state index contributed by atoms with van der Waals surface area (Å²) in [4.78, 5) is 13.6. The van der Waals surface area contributed by atoms with Gasteiger partial charge in [-0.05, 0) is 10.4 Å². The molecule has 8 heteroatoms. The number of carbonyl (C=O) groups is 1. The van der Waals surface area contributed by atoms with Gasteiger partial charge >= 0.3 is 0 Å². The van der Waals surface area contributed by atoms with Gasteiger partial charge in [-0.2, -0.15) is 0 Å². The summed E-state index contributed by atoms with van der Waals surface area (Å²) < 4.78 is 6.77. The highest BCUT2D eigenvalue weighted by molar-refractivity contribution is 5.76. The maximum Gasteiger partial charge on any atom is 0.244 e. The Bertz CT molecular complexity index is 340. The van der Waals surface area contributed by atoms with Crippen molar-refractivity contribution in [3.05, 3.63) is 6.33 Å². The van der Waals surface area contributed by atoms with E-state index >= 15 is 0 Å².